The summed E-state index contributed by atoms with van der Waals surface area (Å²) in [7, 11) is 3.15. The second-order valence-electron chi connectivity index (χ2n) is 3.59. The smallest absolute Gasteiger partial charge is 0.330 e. The van der Waals surface area contributed by atoms with Crippen molar-refractivity contribution in [1.82, 2.24) is 15.0 Å². The number of benzene rings is 1. The van der Waals surface area contributed by atoms with E-state index in [1.807, 2.05) is 0 Å². The highest BCUT2D eigenvalue weighted by Crippen LogP contribution is 2.21. The predicted octanol–water partition coefficient (Wildman–Crippen LogP) is 1.21. The van der Waals surface area contributed by atoms with Gasteiger partial charge in [-0.05, 0) is 17.7 Å². The normalized spacial score (nSPS) is 10.1. The van der Waals surface area contributed by atoms with Crippen molar-refractivity contribution in [2.45, 2.75) is 6.61 Å². The first-order chi connectivity index (χ1) is 9.25. The van der Waals surface area contributed by atoms with E-state index in [0.29, 0.717) is 11.7 Å². The number of methoxy groups -OCH3 is 1. The molecule has 7 nitrogen and oxygen atoms in total. The van der Waals surface area contributed by atoms with Crippen LogP contribution in [0.2, 0.25) is 0 Å². The van der Waals surface area contributed by atoms with E-state index in [9.17, 15) is 0 Å². The van der Waals surface area contributed by atoms with Gasteiger partial charge in [-0.1, -0.05) is 12.1 Å². The Morgan fingerprint density at radius 3 is 2.68 bits per heavy atom. The minimum atomic E-state index is -0.0561. The van der Waals surface area contributed by atoms with E-state index in [0.717, 1.165) is 5.56 Å². The molecule has 0 unspecified atom stereocenters. The molecule has 0 aliphatic heterocycles. The Kier molecular flexibility index (Phi) is 4.09. The van der Waals surface area contributed by atoms with Crippen LogP contribution >= 0.6 is 0 Å². The molecule has 0 aliphatic carbocycles. The summed E-state index contributed by atoms with van der Waals surface area (Å²) in [5, 5.41) is 11.9. The minimum absolute atomic E-state index is 0.0561. The third-order valence-corrected chi connectivity index (χ3v) is 2.29. The van der Waals surface area contributed by atoms with Gasteiger partial charge >= 0.3 is 12.0 Å². The number of nitrogens with one attached hydrogen (secondary N) is 1. The van der Waals surface area contributed by atoms with E-state index in [1.165, 1.54) is 7.11 Å². The van der Waals surface area contributed by atoms with Crippen molar-refractivity contribution >= 4 is 5.95 Å². The molecule has 0 saturated heterocycles. The van der Waals surface area contributed by atoms with Crippen molar-refractivity contribution in [3.63, 3.8) is 0 Å². The Bertz CT molecular complexity index is 540. The van der Waals surface area contributed by atoms with Crippen molar-refractivity contribution in [1.29, 1.82) is 0 Å². The number of aliphatic hydroxyl groups is 1. The monoisotopic (exact) mass is 262 g/mol. The number of ether oxygens (including phenoxy) is 2. The van der Waals surface area contributed by atoms with Crippen molar-refractivity contribution in [3.8, 4) is 17.8 Å². The number of hydrogen-bond acceptors (Lipinski definition) is 7. The van der Waals surface area contributed by atoms with E-state index in [2.05, 4.69) is 20.3 Å². The molecule has 7 heteroatoms. The molecule has 2 rings (SSSR count). The third kappa shape index (κ3) is 3.29. The lowest BCUT2D eigenvalue weighted by Gasteiger charge is -2.07. The first-order valence-corrected chi connectivity index (χ1v) is 5.60. The van der Waals surface area contributed by atoms with Crippen LogP contribution in [0.4, 0.5) is 5.95 Å². The van der Waals surface area contributed by atoms with E-state index in [4.69, 9.17) is 14.6 Å². The highest BCUT2D eigenvalue weighted by atomic mass is 16.5. The average Bonchev–Trinajstić information content (AvgIpc) is 2.47. The van der Waals surface area contributed by atoms with Gasteiger partial charge in [0.2, 0.25) is 5.95 Å². The van der Waals surface area contributed by atoms with Crippen molar-refractivity contribution in [2.75, 3.05) is 19.5 Å². The second-order valence-corrected chi connectivity index (χ2v) is 3.59. The van der Waals surface area contributed by atoms with Gasteiger partial charge in [0, 0.05) is 7.05 Å². The van der Waals surface area contributed by atoms with Crippen molar-refractivity contribution in [3.05, 3.63) is 29.8 Å². The molecule has 0 amide bonds. The highest BCUT2D eigenvalue weighted by Gasteiger charge is 2.08. The summed E-state index contributed by atoms with van der Waals surface area (Å²) in [6, 6.07) is 7.29. The van der Waals surface area contributed by atoms with Crippen LogP contribution < -0.4 is 14.8 Å². The van der Waals surface area contributed by atoms with Crippen LogP contribution in [0.25, 0.3) is 0 Å². The number of aromatic nitrogens is 3. The maximum atomic E-state index is 9.07. The van der Waals surface area contributed by atoms with Crippen LogP contribution in [0, 0.1) is 0 Å². The summed E-state index contributed by atoms with van der Waals surface area (Å²) < 4.78 is 10.5. The fourth-order valence-corrected chi connectivity index (χ4v) is 1.40. The SMILES string of the molecule is CNc1nc(OC)nc(Oc2cccc(CO)c2)n1. The second kappa shape index (κ2) is 5.96. The van der Waals surface area contributed by atoms with Gasteiger partial charge in [-0.25, -0.2) is 0 Å². The van der Waals surface area contributed by atoms with Gasteiger partial charge in [-0.2, -0.15) is 9.97 Å². The highest BCUT2D eigenvalue weighted by molar-refractivity contribution is 5.32. The Balaban J connectivity index is 2.26. The summed E-state index contributed by atoms with van der Waals surface area (Å²) >= 11 is 0. The number of anilines is 1. The molecule has 100 valence electrons. The number of aliphatic hydroxyl groups excluding tert-OH is 1. The maximum absolute atomic E-state index is 9.07. The molecule has 0 bridgehead atoms. The number of rotatable bonds is 5. The van der Waals surface area contributed by atoms with E-state index in [-0.39, 0.29) is 18.6 Å². The minimum Gasteiger partial charge on any atom is -0.467 e. The zero-order valence-corrected chi connectivity index (χ0v) is 10.6. The molecule has 1 aromatic carbocycles. The van der Waals surface area contributed by atoms with Crippen LogP contribution in [-0.4, -0.2) is 34.2 Å². The summed E-state index contributed by atoms with van der Waals surface area (Å²) in [4.78, 5) is 12.0. The molecule has 1 aromatic heterocycles. The van der Waals surface area contributed by atoms with Crippen LogP contribution in [-0.2, 0) is 6.61 Å². The van der Waals surface area contributed by atoms with Crippen LogP contribution in [0.3, 0.4) is 0 Å². The first kappa shape index (κ1) is 13.0. The predicted molar refractivity (Wildman–Crippen MR) is 68.4 cm³/mol. The van der Waals surface area contributed by atoms with Gasteiger partial charge in [-0.15, -0.1) is 4.98 Å². The lowest BCUT2D eigenvalue weighted by atomic mass is 10.2. The molecule has 2 N–H and O–H groups in total. The van der Waals surface area contributed by atoms with E-state index in [1.54, 1.807) is 31.3 Å². The zero-order valence-electron chi connectivity index (χ0n) is 10.6. The van der Waals surface area contributed by atoms with Crippen LogP contribution in [0.15, 0.2) is 24.3 Å². The fraction of sp³-hybridized carbons (Fsp3) is 0.250. The molecule has 1 heterocycles. The lowest BCUT2D eigenvalue weighted by molar-refractivity contribution is 0.281. The topological polar surface area (TPSA) is 89.4 Å². The molecule has 0 atom stereocenters. The Morgan fingerprint density at radius 1 is 1.21 bits per heavy atom. The summed E-state index contributed by atoms with van der Waals surface area (Å²) in [5.74, 6) is 0.877. The molecule has 2 aromatic rings. The quantitative estimate of drug-likeness (QED) is 0.836. The molecular weight excluding hydrogens is 248 g/mol. The Labute approximate surface area is 110 Å². The Hall–Kier alpha value is -2.41. The number of hydrogen-bond donors (Lipinski definition) is 2. The third-order valence-electron chi connectivity index (χ3n) is 2.29. The molecule has 19 heavy (non-hydrogen) atoms. The van der Waals surface area contributed by atoms with Gasteiger partial charge in [0.25, 0.3) is 0 Å². The zero-order chi connectivity index (χ0) is 13.7. The van der Waals surface area contributed by atoms with Gasteiger partial charge in [0.15, 0.2) is 0 Å². The van der Waals surface area contributed by atoms with E-state index >= 15 is 0 Å². The molecule has 0 fully saturated rings. The average molecular weight is 262 g/mol. The standard InChI is InChI=1S/C12H14N4O3/c1-13-10-14-11(18-2)16-12(15-10)19-9-5-3-4-8(6-9)7-17/h3-6,17H,7H2,1-2H3,(H,13,14,15,16). The molecular formula is C12H14N4O3. The lowest BCUT2D eigenvalue weighted by Crippen LogP contribution is -2.03. The van der Waals surface area contributed by atoms with Gasteiger partial charge in [-0.3, -0.25) is 0 Å². The van der Waals surface area contributed by atoms with Crippen molar-refractivity contribution < 1.29 is 14.6 Å². The van der Waals surface area contributed by atoms with Crippen LogP contribution in [0.1, 0.15) is 5.56 Å². The fourth-order valence-electron chi connectivity index (χ4n) is 1.40. The van der Waals surface area contributed by atoms with Gasteiger partial charge in [0.1, 0.15) is 5.75 Å². The van der Waals surface area contributed by atoms with E-state index < -0.39 is 0 Å². The first-order valence-electron chi connectivity index (χ1n) is 5.60. The van der Waals surface area contributed by atoms with Gasteiger partial charge in [0.05, 0.1) is 13.7 Å². The largest absolute Gasteiger partial charge is 0.467 e. The number of nitrogens with zero attached hydrogens (tertiary/aromatic N) is 3. The maximum Gasteiger partial charge on any atom is 0.330 e. The van der Waals surface area contributed by atoms with Crippen LogP contribution in [0.5, 0.6) is 17.8 Å². The molecule has 0 radical (unpaired) electrons. The summed E-state index contributed by atoms with van der Waals surface area (Å²) in [6.45, 7) is -0.0561. The summed E-state index contributed by atoms with van der Waals surface area (Å²) in [6.07, 6.45) is 0. The summed E-state index contributed by atoms with van der Waals surface area (Å²) in [5.41, 5.74) is 0.743. The Morgan fingerprint density at radius 2 is 2.00 bits per heavy atom. The van der Waals surface area contributed by atoms with Crippen molar-refractivity contribution in [2.24, 2.45) is 0 Å². The van der Waals surface area contributed by atoms with Gasteiger partial charge < -0.3 is 19.9 Å². The molecule has 0 saturated carbocycles. The molecule has 0 aliphatic rings. The molecule has 0 spiro atoms.